The Morgan fingerprint density at radius 2 is 2.25 bits per heavy atom. The number of carbonyl (C=O) groups is 1. The third-order valence-corrected chi connectivity index (χ3v) is 3.76. The first kappa shape index (κ1) is 14.6. The van der Waals surface area contributed by atoms with Gasteiger partial charge in [-0.05, 0) is 25.5 Å². The number of aryl methyl sites for hydroxylation is 1. The van der Waals surface area contributed by atoms with Gasteiger partial charge in [0, 0.05) is 18.8 Å². The molecule has 0 fully saturated rings. The van der Waals surface area contributed by atoms with Gasteiger partial charge in [0.25, 0.3) is 0 Å². The van der Waals surface area contributed by atoms with Crippen molar-refractivity contribution in [2.24, 2.45) is 0 Å². The zero-order valence-electron chi connectivity index (χ0n) is 11.6. The quantitative estimate of drug-likeness (QED) is 0.831. The molecule has 2 aromatic rings. The van der Waals surface area contributed by atoms with E-state index in [1.165, 1.54) is 11.8 Å². The van der Waals surface area contributed by atoms with Gasteiger partial charge in [-0.3, -0.25) is 4.79 Å². The highest BCUT2D eigenvalue weighted by atomic mass is 32.2. The summed E-state index contributed by atoms with van der Waals surface area (Å²) < 4.78 is 1.80. The number of rotatable bonds is 6. The van der Waals surface area contributed by atoms with Gasteiger partial charge in [-0.15, -0.1) is 0 Å². The van der Waals surface area contributed by atoms with Crippen molar-refractivity contribution in [2.45, 2.75) is 37.1 Å². The van der Waals surface area contributed by atoms with Crippen LogP contribution in [0, 0.1) is 0 Å². The number of thioether (sulfide) groups is 1. The number of aromatic nitrogens is 3. The molecule has 0 saturated carbocycles. The van der Waals surface area contributed by atoms with Crippen LogP contribution in [0.1, 0.15) is 20.3 Å². The molecule has 20 heavy (non-hydrogen) atoms. The predicted molar refractivity (Wildman–Crippen MR) is 80.7 cm³/mol. The summed E-state index contributed by atoms with van der Waals surface area (Å²) >= 11 is 1.44. The molecule has 0 saturated heterocycles. The molecule has 0 radical (unpaired) electrons. The van der Waals surface area contributed by atoms with Gasteiger partial charge in [0.2, 0.25) is 5.91 Å². The van der Waals surface area contributed by atoms with E-state index in [1.54, 1.807) is 17.1 Å². The Morgan fingerprint density at radius 3 is 2.95 bits per heavy atom. The van der Waals surface area contributed by atoms with E-state index in [4.69, 9.17) is 0 Å². The van der Waals surface area contributed by atoms with Gasteiger partial charge in [0.05, 0.1) is 16.5 Å². The number of hydrogen-bond acceptors (Lipinski definition) is 4. The normalized spacial score (nSPS) is 12.1. The Balaban J connectivity index is 1.95. The minimum absolute atomic E-state index is 0.0430. The Kier molecular flexibility index (Phi) is 5.17. The third-order valence-electron chi connectivity index (χ3n) is 2.71. The highest BCUT2D eigenvalue weighted by molar-refractivity contribution is 8.00. The van der Waals surface area contributed by atoms with Crippen LogP contribution >= 0.6 is 11.8 Å². The van der Waals surface area contributed by atoms with Crippen molar-refractivity contribution in [3.8, 4) is 0 Å². The average molecular weight is 290 g/mol. The second-order valence-electron chi connectivity index (χ2n) is 4.36. The molecule has 106 valence electrons. The molecule has 2 heterocycles. The monoisotopic (exact) mass is 290 g/mol. The molecule has 2 rings (SSSR count). The van der Waals surface area contributed by atoms with E-state index in [1.807, 2.05) is 31.2 Å². The highest BCUT2D eigenvalue weighted by Crippen LogP contribution is 2.21. The fourth-order valence-corrected chi connectivity index (χ4v) is 2.52. The lowest BCUT2D eigenvalue weighted by Gasteiger charge is -2.12. The van der Waals surface area contributed by atoms with Crippen LogP contribution in [-0.2, 0) is 11.3 Å². The van der Waals surface area contributed by atoms with Crippen LogP contribution in [0.4, 0.5) is 5.82 Å². The molecule has 0 aliphatic rings. The molecule has 2 aromatic heterocycles. The Hall–Kier alpha value is -1.82. The number of hydrogen-bond donors (Lipinski definition) is 1. The summed E-state index contributed by atoms with van der Waals surface area (Å²) in [5, 5.41) is 7.72. The second-order valence-corrected chi connectivity index (χ2v) is 5.72. The van der Waals surface area contributed by atoms with Crippen molar-refractivity contribution < 1.29 is 4.79 Å². The standard InChI is InChI=1S/C14H18N4OS/c1-3-10-18-12(7-9-16-18)17-14(19)11(2)20-13-6-4-5-8-15-13/h4-9,11H,3,10H2,1-2H3,(H,17,19). The minimum Gasteiger partial charge on any atom is -0.310 e. The number of pyridine rings is 1. The van der Waals surface area contributed by atoms with Crippen LogP contribution in [0.15, 0.2) is 41.7 Å². The smallest absolute Gasteiger partial charge is 0.238 e. The Morgan fingerprint density at radius 1 is 1.40 bits per heavy atom. The van der Waals surface area contributed by atoms with Crippen LogP contribution in [0.5, 0.6) is 0 Å². The van der Waals surface area contributed by atoms with Gasteiger partial charge in [-0.2, -0.15) is 5.10 Å². The number of carbonyl (C=O) groups excluding carboxylic acids is 1. The second kappa shape index (κ2) is 7.09. The molecule has 6 heteroatoms. The SMILES string of the molecule is CCCn1nccc1NC(=O)C(C)Sc1ccccn1. The lowest BCUT2D eigenvalue weighted by molar-refractivity contribution is -0.115. The first-order chi connectivity index (χ1) is 9.70. The third kappa shape index (κ3) is 3.84. The van der Waals surface area contributed by atoms with Crippen molar-refractivity contribution in [3.05, 3.63) is 36.7 Å². The summed E-state index contributed by atoms with van der Waals surface area (Å²) in [5.74, 6) is 0.698. The Bertz CT molecular complexity index is 555. The molecule has 0 aromatic carbocycles. The minimum atomic E-state index is -0.213. The largest absolute Gasteiger partial charge is 0.310 e. The van der Waals surface area contributed by atoms with Gasteiger partial charge in [0.1, 0.15) is 5.82 Å². The first-order valence-electron chi connectivity index (χ1n) is 6.61. The van der Waals surface area contributed by atoms with Gasteiger partial charge < -0.3 is 5.32 Å². The molecule has 0 aliphatic heterocycles. The fourth-order valence-electron chi connectivity index (χ4n) is 1.71. The number of nitrogens with zero attached hydrogens (tertiary/aromatic N) is 3. The van der Waals surface area contributed by atoms with Gasteiger partial charge in [-0.1, -0.05) is 24.8 Å². The van der Waals surface area contributed by atoms with E-state index in [0.717, 1.165) is 23.8 Å². The van der Waals surface area contributed by atoms with Crippen LogP contribution in [0.3, 0.4) is 0 Å². The summed E-state index contributed by atoms with van der Waals surface area (Å²) in [5.41, 5.74) is 0. The van der Waals surface area contributed by atoms with Crippen LogP contribution in [0.2, 0.25) is 0 Å². The van der Waals surface area contributed by atoms with Crippen molar-refractivity contribution in [3.63, 3.8) is 0 Å². The number of anilines is 1. The molecule has 0 spiro atoms. The number of nitrogens with one attached hydrogen (secondary N) is 1. The van der Waals surface area contributed by atoms with Gasteiger partial charge in [-0.25, -0.2) is 9.67 Å². The van der Waals surface area contributed by atoms with Crippen molar-refractivity contribution in [1.29, 1.82) is 0 Å². The molecule has 1 unspecified atom stereocenters. The molecule has 0 bridgehead atoms. The summed E-state index contributed by atoms with van der Waals surface area (Å²) in [6, 6.07) is 7.48. The molecule has 1 atom stereocenters. The topological polar surface area (TPSA) is 59.8 Å². The zero-order valence-corrected chi connectivity index (χ0v) is 12.4. The molecule has 5 nitrogen and oxygen atoms in total. The van der Waals surface area contributed by atoms with Gasteiger partial charge >= 0.3 is 0 Å². The first-order valence-corrected chi connectivity index (χ1v) is 7.49. The van der Waals surface area contributed by atoms with Crippen molar-refractivity contribution in [1.82, 2.24) is 14.8 Å². The van der Waals surface area contributed by atoms with E-state index < -0.39 is 0 Å². The molecular formula is C14H18N4OS. The molecule has 0 aliphatic carbocycles. The summed E-state index contributed by atoms with van der Waals surface area (Å²) in [6.45, 7) is 4.74. The van der Waals surface area contributed by atoms with E-state index in [9.17, 15) is 4.79 Å². The zero-order chi connectivity index (χ0) is 14.4. The van der Waals surface area contributed by atoms with Crippen molar-refractivity contribution >= 4 is 23.5 Å². The van der Waals surface area contributed by atoms with Gasteiger partial charge in [0.15, 0.2) is 0 Å². The van der Waals surface area contributed by atoms with E-state index >= 15 is 0 Å². The molecule has 1 N–H and O–H groups in total. The van der Waals surface area contributed by atoms with E-state index in [-0.39, 0.29) is 11.2 Å². The summed E-state index contributed by atoms with van der Waals surface area (Å²) in [6.07, 6.45) is 4.40. The summed E-state index contributed by atoms with van der Waals surface area (Å²) in [4.78, 5) is 16.4. The maximum absolute atomic E-state index is 12.2. The maximum Gasteiger partial charge on any atom is 0.238 e. The molecule has 1 amide bonds. The van der Waals surface area contributed by atoms with Crippen LogP contribution in [-0.4, -0.2) is 25.9 Å². The molecular weight excluding hydrogens is 272 g/mol. The fraction of sp³-hybridized carbons (Fsp3) is 0.357. The van der Waals surface area contributed by atoms with Crippen molar-refractivity contribution in [2.75, 3.05) is 5.32 Å². The lowest BCUT2D eigenvalue weighted by atomic mass is 10.4. The van der Waals surface area contributed by atoms with Crippen LogP contribution in [0.25, 0.3) is 0 Å². The summed E-state index contributed by atoms with van der Waals surface area (Å²) in [7, 11) is 0. The highest BCUT2D eigenvalue weighted by Gasteiger charge is 2.16. The average Bonchev–Trinajstić information content (AvgIpc) is 2.87. The predicted octanol–water partition coefficient (Wildman–Crippen LogP) is 2.81. The van der Waals surface area contributed by atoms with E-state index in [2.05, 4.69) is 22.3 Å². The Labute approximate surface area is 122 Å². The number of amides is 1. The maximum atomic E-state index is 12.2. The van der Waals surface area contributed by atoms with Crippen LogP contribution < -0.4 is 5.32 Å². The van der Waals surface area contributed by atoms with E-state index in [0.29, 0.717) is 0 Å². The lowest BCUT2D eigenvalue weighted by Crippen LogP contribution is -2.24.